The van der Waals surface area contributed by atoms with E-state index in [1.54, 1.807) is 0 Å². The molecule has 0 radical (unpaired) electrons. The van der Waals surface area contributed by atoms with E-state index in [1.807, 2.05) is 17.0 Å². The maximum absolute atomic E-state index is 13.6. The lowest BCUT2D eigenvalue weighted by molar-refractivity contribution is -0.137. The summed E-state index contributed by atoms with van der Waals surface area (Å²) in [5.74, 6) is 1.51. The SMILES string of the molecule is CC1C2[C@H](CN1C(=O)c1ccc(C(F)(F)F)cc1)CC1(C)C3Cc4ccc(O)cc4C21CCN3CC1CC1. The van der Waals surface area contributed by atoms with Gasteiger partial charge in [-0.1, -0.05) is 13.0 Å². The number of carbonyl (C=O) groups excluding carboxylic acids is 1. The summed E-state index contributed by atoms with van der Waals surface area (Å²) in [4.78, 5) is 18.3. The first-order chi connectivity index (χ1) is 18.0. The van der Waals surface area contributed by atoms with E-state index in [0.717, 1.165) is 43.9 Å². The van der Waals surface area contributed by atoms with E-state index in [4.69, 9.17) is 0 Å². The van der Waals surface area contributed by atoms with Crippen LogP contribution in [0, 0.1) is 23.2 Å². The molecule has 0 spiro atoms. The van der Waals surface area contributed by atoms with Gasteiger partial charge in [-0.3, -0.25) is 9.69 Å². The normalized spacial score (nSPS) is 36.1. The number of likely N-dealkylation sites (tertiary alicyclic amines) is 2. The second kappa shape index (κ2) is 8.00. The summed E-state index contributed by atoms with van der Waals surface area (Å²) in [7, 11) is 0. The molecule has 4 fully saturated rings. The molecule has 5 unspecified atom stereocenters. The number of hydrogen-bond acceptors (Lipinski definition) is 3. The first-order valence-electron chi connectivity index (χ1n) is 14.1. The van der Waals surface area contributed by atoms with Crippen LogP contribution in [0.25, 0.3) is 0 Å². The van der Waals surface area contributed by atoms with Gasteiger partial charge in [0.2, 0.25) is 0 Å². The summed E-state index contributed by atoms with van der Waals surface area (Å²) in [6.07, 6.45) is 1.28. The Bertz CT molecular complexity index is 1290. The number of alkyl halides is 3. The van der Waals surface area contributed by atoms with Crippen molar-refractivity contribution in [3.05, 3.63) is 64.7 Å². The molecule has 7 rings (SSSR count). The molecule has 7 heteroatoms. The van der Waals surface area contributed by atoms with Crippen LogP contribution in [0.15, 0.2) is 42.5 Å². The molecule has 2 heterocycles. The van der Waals surface area contributed by atoms with Gasteiger partial charge in [0.15, 0.2) is 0 Å². The van der Waals surface area contributed by atoms with Crippen molar-refractivity contribution in [2.24, 2.45) is 23.2 Å². The van der Waals surface area contributed by atoms with Gasteiger partial charge in [-0.25, -0.2) is 0 Å². The number of rotatable bonds is 3. The molecule has 2 saturated heterocycles. The summed E-state index contributed by atoms with van der Waals surface area (Å²) in [6.45, 7) is 7.45. The Morgan fingerprint density at radius 3 is 2.55 bits per heavy atom. The van der Waals surface area contributed by atoms with Gasteiger partial charge >= 0.3 is 6.18 Å². The molecule has 4 nitrogen and oxygen atoms in total. The molecule has 1 N–H and O–H groups in total. The van der Waals surface area contributed by atoms with Crippen LogP contribution >= 0.6 is 0 Å². The highest BCUT2D eigenvalue weighted by atomic mass is 19.4. The van der Waals surface area contributed by atoms with E-state index in [1.165, 1.54) is 42.6 Å². The van der Waals surface area contributed by atoms with Gasteiger partial charge in [-0.2, -0.15) is 13.2 Å². The van der Waals surface area contributed by atoms with Gasteiger partial charge in [-0.05, 0) is 116 Å². The number of piperidine rings is 1. The topological polar surface area (TPSA) is 43.8 Å². The van der Waals surface area contributed by atoms with Crippen LogP contribution < -0.4 is 0 Å². The second-order valence-corrected chi connectivity index (χ2v) is 12.9. The fourth-order valence-corrected chi connectivity index (χ4v) is 9.43. The summed E-state index contributed by atoms with van der Waals surface area (Å²) in [5.41, 5.74) is 2.08. The number of amides is 1. The predicted molar refractivity (Wildman–Crippen MR) is 138 cm³/mol. The van der Waals surface area contributed by atoms with Gasteiger partial charge in [0.1, 0.15) is 5.75 Å². The van der Waals surface area contributed by atoms with Crippen molar-refractivity contribution in [3.63, 3.8) is 0 Å². The lowest BCUT2D eigenvalue weighted by Gasteiger charge is -2.63. The number of benzene rings is 2. The first kappa shape index (κ1) is 24.5. The van der Waals surface area contributed by atoms with E-state index >= 15 is 0 Å². The Hall–Kier alpha value is -2.54. The molecule has 2 saturated carbocycles. The summed E-state index contributed by atoms with van der Waals surface area (Å²) >= 11 is 0. The molecule has 1 amide bonds. The minimum Gasteiger partial charge on any atom is -0.508 e. The smallest absolute Gasteiger partial charge is 0.416 e. The fraction of sp³-hybridized carbons (Fsp3) is 0.581. The summed E-state index contributed by atoms with van der Waals surface area (Å²) in [5, 5.41) is 10.6. The van der Waals surface area contributed by atoms with Gasteiger partial charge in [-0.15, -0.1) is 0 Å². The maximum Gasteiger partial charge on any atom is 0.416 e. The highest BCUT2D eigenvalue weighted by Crippen LogP contribution is 2.71. The third kappa shape index (κ3) is 3.29. The van der Waals surface area contributed by atoms with Gasteiger partial charge < -0.3 is 10.0 Å². The minimum atomic E-state index is -4.42. The van der Waals surface area contributed by atoms with Crippen molar-refractivity contribution < 1.29 is 23.1 Å². The highest BCUT2D eigenvalue weighted by Gasteiger charge is 2.72. The Kier molecular flexibility index (Phi) is 5.15. The first-order valence-corrected chi connectivity index (χ1v) is 14.1. The van der Waals surface area contributed by atoms with Crippen molar-refractivity contribution in [2.75, 3.05) is 19.6 Å². The standard InChI is InChI=1S/C31H35F3N2O2/c1-18-27-22(17-36(18)28(38)20-5-8-23(9-6-20)31(32,33)34)15-29(2)26-13-21-7-10-24(37)14-25(21)30(27,29)11-12-35(26)16-19-3-4-19/h5-10,14,18-19,22,26-27,37H,3-4,11-13,15-17H2,1-2H3/t18?,22-,26?,27?,29?,30?/m0/s1. The molecule has 2 aliphatic heterocycles. The van der Waals surface area contributed by atoms with Crippen molar-refractivity contribution in [1.82, 2.24) is 9.80 Å². The van der Waals surface area contributed by atoms with Crippen molar-refractivity contribution >= 4 is 5.91 Å². The molecule has 5 aliphatic rings. The summed E-state index contributed by atoms with van der Waals surface area (Å²) in [6, 6.07) is 11.0. The molecular formula is C31H35F3N2O2. The molecule has 38 heavy (non-hydrogen) atoms. The number of fused-ring (bicyclic) bond motifs is 2. The monoisotopic (exact) mass is 524 g/mol. The van der Waals surface area contributed by atoms with Gasteiger partial charge in [0.05, 0.1) is 5.56 Å². The highest BCUT2D eigenvalue weighted by molar-refractivity contribution is 5.94. The van der Waals surface area contributed by atoms with E-state index < -0.39 is 11.7 Å². The van der Waals surface area contributed by atoms with Crippen LogP contribution in [-0.2, 0) is 18.0 Å². The molecule has 3 aliphatic carbocycles. The summed E-state index contributed by atoms with van der Waals surface area (Å²) < 4.78 is 39.3. The molecule has 2 bridgehead atoms. The third-order valence-corrected chi connectivity index (χ3v) is 11.1. The fourth-order valence-electron chi connectivity index (χ4n) is 9.43. The lowest BCUT2D eigenvalue weighted by Crippen LogP contribution is -2.66. The molecular weight excluding hydrogens is 489 g/mol. The number of phenols is 1. The molecule has 6 atom stereocenters. The number of halogens is 3. The molecule has 2 aromatic carbocycles. The van der Waals surface area contributed by atoms with E-state index in [9.17, 15) is 23.1 Å². The zero-order valence-electron chi connectivity index (χ0n) is 22.0. The van der Waals surface area contributed by atoms with Crippen LogP contribution in [0.2, 0.25) is 0 Å². The van der Waals surface area contributed by atoms with Crippen LogP contribution in [0.1, 0.15) is 66.6 Å². The second-order valence-electron chi connectivity index (χ2n) is 12.9. The van der Waals surface area contributed by atoms with E-state index in [2.05, 4.69) is 24.8 Å². The van der Waals surface area contributed by atoms with Crippen LogP contribution in [0.4, 0.5) is 13.2 Å². The van der Waals surface area contributed by atoms with Crippen molar-refractivity contribution in [2.45, 2.75) is 69.6 Å². The van der Waals surface area contributed by atoms with Crippen LogP contribution in [0.3, 0.4) is 0 Å². The minimum absolute atomic E-state index is 0.0412. The van der Waals surface area contributed by atoms with E-state index in [-0.39, 0.29) is 28.7 Å². The zero-order valence-corrected chi connectivity index (χ0v) is 22.0. The zero-order chi connectivity index (χ0) is 26.6. The van der Waals surface area contributed by atoms with Gasteiger partial charge in [0, 0.05) is 36.2 Å². The van der Waals surface area contributed by atoms with Crippen LogP contribution in [-0.4, -0.2) is 52.5 Å². The maximum atomic E-state index is 13.6. The quantitative estimate of drug-likeness (QED) is 0.546. The Morgan fingerprint density at radius 2 is 1.87 bits per heavy atom. The number of phenolic OH excluding ortho intramolecular Hbond substituents is 1. The van der Waals surface area contributed by atoms with Crippen molar-refractivity contribution in [3.8, 4) is 5.75 Å². The number of nitrogens with zero attached hydrogens (tertiary/aromatic N) is 2. The third-order valence-electron chi connectivity index (χ3n) is 11.1. The number of hydrogen-bond donors (Lipinski definition) is 1. The number of aromatic hydroxyl groups is 1. The van der Waals surface area contributed by atoms with Crippen LogP contribution in [0.5, 0.6) is 5.75 Å². The van der Waals surface area contributed by atoms with Crippen molar-refractivity contribution in [1.29, 1.82) is 0 Å². The molecule has 2 aromatic rings. The van der Waals surface area contributed by atoms with Gasteiger partial charge in [0.25, 0.3) is 5.91 Å². The number of carbonyl (C=O) groups is 1. The average Bonchev–Trinajstić information content (AvgIpc) is 3.56. The lowest BCUT2D eigenvalue weighted by atomic mass is 9.48. The Balaban J connectivity index is 1.26. The average molecular weight is 525 g/mol. The molecule has 0 aromatic heterocycles. The Morgan fingerprint density at radius 1 is 1.13 bits per heavy atom. The van der Waals surface area contributed by atoms with E-state index in [0.29, 0.717) is 29.8 Å². The predicted octanol–water partition coefficient (Wildman–Crippen LogP) is 5.88. The largest absolute Gasteiger partial charge is 0.508 e. The Labute approximate surface area is 221 Å². The molecule has 202 valence electrons.